The molecule has 1 heterocycles. The zero-order valence-electron chi connectivity index (χ0n) is 11.9. The van der Waals surface area contributed by atoms with Gasteiger partial charge < -0.3 is 9.47 Å². The first kappa shape index (κ1) is 13.6. The molecule has 17 heavy (non-hydrogen) atoms. The minimum atomic E-state index is -1.29. The highest BCUT2D eigenvalue weighted by molar-refractivity contribution is 6.80. The van der Waals surface area contributed by atoms with Crippen LogP contribution >= 0.6 is 0 Å². The first-order valence-electron chi connectivity index (χ1n) is 7.36. The molecule has 2 aliphatic rings. The average molecular weight is 256 g/mol. The zero-order valence-corrected chi connectivity index (χ0v) is 12.9. The molecule has 0 spiro atoms. The molecule has 4 atom stereocenters. The van der Waals surface area contributed by atoms with E-state index in [0.29, 0.717) is 17.9 Å². The van der Waals surface area contributed by atoms with E-state index in [0.717, 1.165) is 18.6 Å². The third kappa shape index (κ3) is 2.94. The van der Waals surface area contributed by atoms with Gasteiger partial charge in [0, 0.05) is 12.3 Å². The molecule has 0 bridgehead atoms. The lowest BCUT2D eigenvalue weighted by Gasteiger charge is -2.40. The van der Waals surface area contributed by atoms with Crippen molar-refractivity contribution in [2.45, 2.75) is 82.5 Å². The van der Waals surface area contributed by atoms with Crippen molar-refractivity contribution in [3.63, 3.8) is 0 Å². The van der Waals surface area contributed by atoms with Gasteiger partial charge in [0.25, 0.3) is 0 Å². The number of ether oxygens (including phenoxy) is 2. The Kier molecular flexibility index (Phi) is 4.32. The van der Waals surface area contributed by atoms with Crippen LogP contribution < -0.4 is 0 Å². The molecule has 2 fully saturated rings. The summed E-state index contributed by atoms with van der Waals surface area (Å²) in [6.07, 6.45) is 7.57. The van der Waals surface area contributed by atoms with Crippen LogP contribution in [0.3, 0.4) is 0 Å². The first-order valence-corrected chi connectivity index (χ1v) is 10.5. The minimum Gasteiger partial charge on any atom is -0.382 e. The van der Waals surface area contributed by atoms with Crippen LogP contribution in [0.2, 0.25) is 18.6 Å². The smallest absolute Gasteiger partial charge is 0.0847 e. The summed E-state index contributed by atoms with van der Waals surface area (Å²) in [6, 6.07) is 0. The molecule has 0 aromatic rings. The van der Waals surface area contributed by atoms with E-state index < -0.39 is 8.07 Å². The van der Waals surface area contributed by atoms with Gasteiger partial charge in [0.15, 0.2) is 0 Å². The van der Waals surface area contributed by atoms with E-state index in [1.54, 1.807) is 0 Å². The van der Waals surface area contributed by atoms with Crippen LogP contribution in [-0.4, -0.2) is 32.6 Å². The van der Waals surface area contributed by atoms with Crippen molar-refractivity contribution in [3.05, 3.63) is 0 Å². The normalized spacial score (nSPS) is 34.2. The van der Waals surface area contributed by atoms with Crippen LogP contribution in [0, 0.1) is 0 Å². The van der Waals surface area contributed by atoms with Gasteiger partial charge in [-0.3, -0.25) is 0 Å². The summed E-state index contributed by atoms with van der Waals surface area (Å²) in [6.45, 7) is 10.5. The highest BCUT2D eigenvalue weighted by Crippen LogP contribution is 2.47. The van der Waals surface area contributed by atoms with E-state index in [2.05, 4.69) is 26.9 Å². The molecule has 0 aromatic heterocycles. The summed E-state index contributed by atoms with van der Waals surface area (Å²) in [7, 11) is -1.29. The van der Waals surface area contributed by atoms with Crippen molar-refractivity contribution >= 4 is 8.07 Å². The Morgan fingerprint density at radius 1 is 1.24 bits per heavy atom. The van der Waals surface area contributed by atoms with Gasteiger partial charge in [-0.1, -0.05) is 33.4 Å². The molecule has 1 saturated carbocycles. The van der Waals surface area contributed by atoms with E-state index in [-0.39, 0.29) is 0 Å². The fourth-order valence-corrected chi connectivity index (χ4v) is 7.34. The Morgan fingerprint density at radius 2 is 2.00 bits per heavy atom. The van der Waals surface area contributed by atoms with E-state index >= 15 is 0 Å². The van der Waals surface area contributed by atoms with E-state index in [1.807, 2.05) is 0 Å². The van der Waals surface area contributed by atoms with Gasteiger partial charge in [-0.2, -0.15) is 0 Å². The second kappa shape index (κ2) is 5.41. The molecule has 100 valence electrons. The second-order valence-corrected chi connectivity index (χ2v) is 11.4. The third-order valence-corrected chi connectivity index (χ3v) is 9.64. The Labute approximate surface area is 107 Å². The van der Waals surface area contributed by atoms with E-state index in [1.165, 1.54) is 25.7 Å². The molecule has 0 radical (unpaired) electrons. The van der Waals surface area contributed by atoms with Crippen LogP contribution in [0.4, 0.5) is 0 Å². The van der Waals surface area contributed by atoms with Gasteiger partial charge in [0.05, 0.1) is 20.3 Å². The number of hydrogen-bond acceptors (Lipinski definition) is 2. The Bertz CT molecular complexity index is 255. The molecule has 2 rings (SSSR count). The number of epoxide rings is 1. The highest BCUT2D eigenvalue weighted by atomic mass is 28.3. The Morgan fingerprint density at radius 3 is 2.59 bits per heavy atom. The third-order valence-electron chi connectivity index (χ3n) is 4.78. The summed E-state index contributed by atoms with van der Waals surface area (Å²) in [5, 5.41) is 0. The van der Waals surface area contributed by atoms with E-state index in [9.17, 15) is 0 Å². The maximum Gasteiger partial charge on any atom is 0.0847 e. The minimum absolute atomic E-state index is 0.544. The summed E-state index contributed by atoms with van der Waals surface area (Å²) in [5.74, 6) is 0. The second-order valence-electron chi connectivity index (χ2n) is 6.31. The van der Waals surface area contributed by atoms with Crippen molar-refractivity contribution in [3.8, 4) is 0 Å². The molecule has 0 aromatic carbocycles. The van der Waals surface area contributed by atoms with Gasteiger partial charge in [-0.05, 0) is 31.2 Å². The van der Waals surface area contributed by atoms with Gasteiger partial charge >= 0.3 is 0 Å². The van der Waals surface area contributed by atoms with Crippen LogP contribution in [0.25, 0.3) is 0 Å². The van der Waals surface area contributed by atoms with E-state index in [4.69, 9.17) is 9.47 Å². The van der Waals surface area contributed by atoms with Crippen LogP contribution in [-0.2, 0) is 9.47 Å². The molecule has 1 aliphatic heterocycles. The molecule has 0 N–H and O–H groups in total. The summed E-state index contributed by atoms with van der Waals surface area (Å²) < 4.78 is 11.8. The molecule has 0 amide bonds. The summed E-state index contributed by atoms with van der Waals surface area (Å²) in [5.41, 5.74) is 1.45. The maximum absolute atomic E-state index is 6.13. The molecule has 3 heteroatoms. The van der Waals surface area contributed by atoms with Crippen molar-refractivity contribution < 1.29 is 9.47 Å². The summed E-state index contributed by atoms with van der Waals surface area (Å²) >= 11 is 0. The number of fused-ring (bicyclic) bond motifs is 1. The Balaban J connectivity index is 1.94. The number of hydrogen-bond donors (Lipinski definition) is 0. The largest absolute Gasteiger partial charge is 0.382 e. The highest BCUT2D eigenvalue weighted by Gasteiger charge is 2.50. The lowest BCUT2D eigenvalue weighted by atomic mass is 10.0. The van der Waals surface area contributed by atoms with Crippen molar-refractivity contribution in [1.29, 1.82) is 0 Å². The molecular formula is C14H28O2Si. The lowest BCUT2D eigenvalue weighted by molar-refractivity contribution is 0.0952. The topological polar surface area (TPSA) is 21.8 Å². The van der Waals surface area contributed by atoms with Gasteiger partial charge in [0.1, 0.15) is 0 Å². The molecule has 1 aliphatic carbocycles. The van der Waals surface area contributed by atoms with Gasteiger partial charge in [-0.15, -0.1) is 0 Å². The number of rotatable bonds is 6. The molecular weight excluding hydrogens is 228 g/mol. The quantitative estimate of drug-likeness (QED) is 0.533. The molecule has 2 nitrogen and oxygen atoms in total. The molecule has 1 saturated heterocycles. The van der Waals surface area contributed by atoms with Crippen molar-refractivity contribution in [1.82, 2.24) is 0 Å². The standard InChI is InChI=1S/C14H28O2Si/c1-5-9-15-14(6-2)17(3,4)11-7-8-12-13(10-11)16-12/h11-14H,5-10H2,1-4H3. The van der Waals surface area contributed by atoms with Gasteiger partial charge in [-0.25, -0.2) is 0 Å². The predicted molar refractivity (Wildman–Crippen MR) is 74.1 cm³/mol. The average Bonchev–Trinajstić information content (AvgIpc) is 3.07. The van der Waals surface area contributed by atoms with Crippen LogP contribution in [0.5, 0.6) is 0 Å². The van der Waals surface area contributed by atoms with Crippen molar-refractivity contribution in [2.75, 3.05) is 6.61 Å². The van der Waals surface area contributed by atoms with Crippen LogP contribution in [0.15, 0.2) is 0 Å². The SMILES string of the molecule is CCCOC(CC)[Si](C)(C)C1CCC2OC2C1. The fourth-order valence-electron chi connectivity index (χ4n) is 3.46. The monoisotopic (exact) mass is 256 g/mol. The zero-order chi connectivity index (χ0) is 12.5. The predicted octanol–water partition coefficient (Wildman–Crippen LogP) is 3.76. The Hall–Kier alpha value is 0.137. The first-order chi connectivity index (χ1) is 8.09. The lowest BCUT2D eigenvalue weighted by Crippen LogP contribution is -2.48. The van der Waals surface area contributed by atoms with Crippen LogP contribution in [0.1, 0.15) is 46.0 Å². The van der Waals surface area contributed by atoms with Crippen molar-refractivity contribution in [2.24, 2.45) is 0 Å². The molecule has 4 unspecified atom stereocenters. The van der Waals surface area contributed by atoms with Gasteiger partial charge in [0.2, 0.25) is 0 Å². The summed E-state index contributed by atoms with van der Waals surface area (Å²) in [4.78, 5) is 0. The maximum atomic E-state index is 6.13. The fraction of sp³-hybridized carbons (Fsp3) is 1.00.